The van der Waals surface area contributed by atoms with E-state index in [4.69, 9.17) is 0 Å². The number of guanidine groups is 1. The Morgan fingerprint density at radius 1 is 1.28 bits per heavy atom. The highest BCUT2D eigenvalue weighted by Crippen LogP contribution is 2.14. The molecular weight excluding hydrogens is 390 g/mol. The average molecular weight is 424 g/mol. The Kier molecular flexibility index (Phi) is 8.45. The van der Waals surface area contributed by atoms with Gasteiger partial charge in [-0.15, -0.1) is 0 Å². The Bertz CT molecular complexity index is 815. The number of hydrogen-bond acceptors (Lipinski definition) is 4. The second-order valence-corrected chi connectivity index (χ2v) is 9.62. The topological polar surface area (TPSA) is 94.1 Å². The number of benzene rings is 1. The van der Waals surface area contributed by atoms with E-state index >= 15 is 0 Å². The molecule has 0 unspecified atom stereocenters. The van der Waals surface area contributed by atoms with E-state index in [0.717, 1.165) is 24.8 Å². The van der Waals surface area contributed by atoms with Gasteiger partial charge >= 0.3 is 0 Å². The van der Waals surface area contributed by atoms with Crippen molar-refractivity contribution in [2.24, 2.45) is 4.99 Å². The maximum absolute atomic E-state index is 12.1. The minimum absolute atomic E-state index is 0.00582. The van der Waals surface area contributed by atoms with E-state index in [-0.39, 0.29) is 17.7 Å². The van der Waals surface area contributed by atoms with Crippen LogP contribution in [0.5, 0.6) is 0 Å². The third-order valence-corrected chi connectivity index (χ3v) is 6.94. The van der Waals surface area contributed by atoms with Crippen LogP contribution < -0.4 is 10.6 Å². The van der Waals surface area contributed by atoms with Crippen molar-refractivity contribution < 1.29 is 13.2 Å². The zero-order valence-corrected chi connectivity index (χ0v) is 18.6. The molecule has 1 heterocycles. The molecule has 0 saturated carbocycles. The lowest BCUT2D eigenvalue weighted by Gasteiger charge is -2.32. The van der Waals surface area contributed by atoms with Crippen LogP contribution in [0.25, 0.3) is 0 Å². The number of aliphatic imine (C=N–C) groups is 1. The second-order valence-electron chi connectivity index (χ2n) is 7.37. The normalized spacial score (nSPS) is 16.5. The molecule has 1 aromatic rings. The van der Waals surface area contributed by atoms with Crippen molar-refractivity contribution >= 4 is 21.9 Å². The number of rotatable bonds is 7. The first-order valence-electron chi connectivity index (χ1n) is 10.0. The summed E-state index contributed by atoms with van der Waals surface area (Å²) in [4.78, 5) is 17.9. The lowest BCUT2D eigenvalue weighted by atomic mass is 10.1. The molecule has 8 nitrogen and oxygen atoms in total. The number of carbonyl (C=O) groups excluding carboxylic acids is 1. The van der Waals surface area contributed by atoms with Gasteiger partial charge in [-0.05, 0) is 43.9 Å². The molecule has 0 radical (unpaired) electrons. The molecule has 1 amide bonds. The van der Waals surface area contributed by atoms with Crippen molar-refractivity contribution in [3.05, 3.63) is 35.4 Å². The van der Waals surface area contributed by atoms with E-state index < -0.39 is 10.0 Å². The molecule has 0 aromatic heterocycles. The fourth-order valence-electron chi connectivity index (χ4n) is 3.29. The van der Waals surface area contributed by atoms with Crippen LogP contribution in [0.3, 0.4) is 0 Å². The van der Waals surface area contributed by atoms with Gasteiger partial charge in [-0.3, -0.25) is 9.79 Å². The lowest BCUT2D eigenvalue weighted by molar-refractivity contribution is 0.0827. The van der Waals surface area contributed by atoms with Gasteiger partial charge in [-0.2, -0.15) is 0 Å². The van der Waals surface area contributed by atoms with E-state index in [0.29, 0.717) is 31.2 Å². The third-order valence-electron chi connectivity index (χ3n) is 5.06. The molecule has 1 aromatic carbocycles. The molecule has 1 aliphatic heterocycles. The molecule has 1 aliphatic rings. The maximum atomic E-state index is 12.1. The quantitative estimate of drug-likeness (QED) is 0.502. The molecule has 0 spiro atoms. The van der Waals surface area contributed by atoms with Crippen molar-refractivity contribution in [3.63, 3.8) is 0 Å². The van der Waals surface area contributed by atoms with E-state index in [1.165, 1.54) is 0 Å². The van der Waals surface area contributed by atoms with Gasteiger partial charge in [0.25, 0.3) is 5.91 Å². The molecule has 29 heavy (non-hydrogen) atoms. The van der Waals surface area contributed by atoms with Crippen molar-refractivity contribution in [1.29, 1.82) is 0 Å². The Balaban J connectivity index is 1.80. The highest BCUT2D eigenvalue weighted by Gasteiger charge is 2.26. The standard InChI is InChI=1S/C20H33N5O3S/c1-5-29(27,28)25-13-10-18(11-14-25)23-20(21-2)22-12-9-16-7-6-8-17(15-16)19(26)24(3)4/h6-8,15,18H,5,9-14H2,1-4H3,(H2,21,22,23). The molecule has 0 aliphatic carbocycles. The summed E-state index contributed by atoms with van der Waals surface area (Å²) >= 11 is 0. The zero-order chi connectivity index (χ0) is 21.4. The molecular formula is C20H33N5O3S. The monoisotopic (exact) mass is 423 g/mol. The van der Waals surface area contributed by atoms with Crippen molar-refractivity contribution in [2.75, 3.05) is 46.5 Å². The van der Waals surface area contributed by atoms with E-state index in [9.17, 15) is 13.2 Å². The predicted molar refractivity (Wildman–Crippen MR) is 117 cm³/mol. The second kappa shape index (κ2) is 10.6. The largest absolute Gasteiger partial charge is 0.356 e. The highest BCUT2D eigenvalue weighted by atomic mass is 32.2. The molecule has 162 valence electrons. The lowest BCUT2D eigenvalue weighted by Crippen LogP contribution is -2.50. The Morgan fingerprint density at radius 2 is 1.97 bits per heavy atom. The van der Waals surface area contributed by atoms with Crippen molar-refractivity contribution in [1.82, 2.24) is 19.8 Å². The molecule has 1 fully saturated rings. The van der Waals surface area contributed by atoms with Gasteiger partial charge in [0.15, 0.2) is 5.96 Å². The molecule has 0 atom stereocenters. The van der Waals surface area contributed by atoms with Gasteiger partial charge in [-0.1, -0.05) is 12.1 Å². The smallest absolute Gasteiger partial charge is 0.253 e. The molecule has 0 bridgehead atoms. The predicted octanol–water partition coefficient (Wildman–Crippen LogP) is 0.910. The van der Waals surface area contributed by atoms with Gasteiger partial charge in [0.1, 0.15) is 0 Å². The van der Waals surface area contributed by atoms with Gasteiger partial charge < -0.3 is 15.5 Å². The molecule has 9 heteroatoms. The number of piperidine rings is 1. The molecule has 1 saturated heterocycles. The SMILES string of the molecule is CCS(=O)(=O)N1CCC(NC(=NC)NCCc2cccc(C(=O)N(C)C)c2)CC1. The van der Waals surface area contributed by atoms with E-state index in [1.807, 2.05) is 24.3 Å². The fourth-order valence-corrected chi connectivity index (χ4v) is 4.42. The summed E-state index contributed by atoms with van der Waals surface area (Å²) in [5.74, 6) is 0.853. The van der Waals surface area contributed by atoms with E-state index in [1.54, 1.807) is 37.3 Å². The first kappa shape index (κ1) is 23.2. The summed E-state index contributed by atoms with van der Waals surface area (Å²) in [5, 5.41) is 6.68. The Labute approximate surface area is 174 Å². The Hall–Kier alpha value is -2.13. The summed E-state index contributed by atoms with van der Waals surface area (Å²) in [6, 6.07) is 7.85. The van der Waals surface area contributed by atoms with Crippen LogP contribution in [0.2, 0.25) is 0 Å². The summed E-state index contributed by atoms with van der Waals surface area (Å²) < 4.78 is 25.5. The zero-order valence-electron chi connectivity index (χ0n) is 17.8. The van der Waals surface area contributed by atoms with Crippen LogP contribution in [0.4, 0.5) is 0 Å². The number of hydrogen-bond donors (Lipinski definition) is 2. The van der Waals surface area contributed by atoms with Crippen LogP contribution in [-0.2, 0) is 16.4 Å². The Morgan fingerprint density at radius 3 is 2.55 bits per heavy atom. The molecule has 2 rings (SSSR count). The minimum atomic E-state index is -3.11. The van der Waals surface area contributed by atoms with Gasteiger partial charge in [0.05, 0.1) is 5.75 Å². The summed E-state index contributed by atoms with van der Waals surface area (Å²) in [6.45, 7) is 3.44. The first-order valence-corrected chi connectivity index (χ1v) is 11.6. The number of amides is 1. The van der Waals surface area contributed by atoms with Crippen LogP contribution in [0.15, 0.2) is 29.3 Å². The maximum Gasteiger partial charge on any atom is 0.253 e. The van der Waals surface area contributed by atoms with Gasteiger partial charge in [0, 0.05) is 52.4 Å². The van der Waals surface area contributed by atoms with Crippen LogP contribution in [0.1, 0.15) is 35.7 Å². The van der Waals surface area contributed by atoms with E-state index in [2.05, 4.69) is 15.6 Å². The van der Waals surface area contributed by atoms with Gasteiger partial charge in [-0.25, -0.2) is 12.7 Å². The average Bonchev–Trinajstić information content (AvgIpc) is 2.73. The third kappa shape index (κ3) is 6.71. The van der Waals surface area contributed by atoms with Crippen LogP contribution in [-0.4, -0.2) is 82.1 Å². The summed E-state index contributed by atoms with van der Waals surface area (Å²) in [6.07, 6.45) is 2.28. The minimum Gasteiger partial charge on any atom is -0.356 e. The van der Waals surface area contributed by atoms with Crippen molar-refractivity contribution in [2.45, 2.75) is 32.2 Å². The summed E-state index contributed by atoms with van der Waals surface area (Å²) in [5.41, 5.74) is 1.77. The number of nitrogens with one attached hydrogen (secondary N) is 2. The van der Waals surface area contributed by atoms with Crippen LogP contribution >= 0.6 is 0 Å². The number of sulfonamides is 1. The van der Waals surface area contributed by atoms with Gasteiger partial charge in [0.2, 0.25) is 10.0 Å². The fraction of sp³-hybridized carbons (Fsp3) is 0.600. The van der Waals surface area contributed by atoms with Crippen molar-refractivity contribution in [3.8, 4) is 0 Å². The number of carbonyl (C=O) groups is 1. The number of nitrogens with zero attached hydrogens (tertiary/aromatic N) is 3. The van der Waals surface area contributed by atoms with Crippen LogP contribution in [0, 0.1) is 0 Å². The highest BCUT2D eigenvalue weighted by molar-refractivity contribution is 7.89. The molecule has 2 N–H and O–H groups in total. The summed E-state index contributed by atoms with van der Waals surface area (Å²) in [7, 11) is 2.11. The first-order chi connectivity index (χ1) is 13.8.